The quantitative estimate of drug-likeness (QED) is 0.595. The van der Waals surface area contributed by atoms with Crippen LogP contribution >= 0.6 is 0 Å². The SMILES string of the molecule is COc1cc(OC)c(F)c(C2(N=C=O)CC2)c1. The fourth-order valence-electron chi connectivity index (χ4n) is 1.82. The lowest BCUT2D eigenvalue weighted by molar-refractivity contribution is 0.368. The van der Waals surface area contributed by atoms with Crippen molar-refractivity contribution in [2.75, 3.05) is 14.2 Å². The monoisotopic (exact) mass is 237 g/mol. The highest BCUT2D eigenvalue weighted by Crippen LogP contribution is 2.52. The lowest BCUT2D eigenvalue weighted by Crippen LogP contribution is -2.07. The van der Waals surface area contributed by atoms with Gasteiger partial charge in [0.2, 0.25) is 6.08 Å². The molecule has 1 aliphatic carbocycles. The molecule has 1 aliphatic rings. The van der Waals surface area contributed by atoms with Gasteiger partial charge in [0, 0.05) is 11.6 Å². The maximum absolute atomic E-state index is 14.1. The summed E-state index contributed by atoms with van der Waals surface area (Å²) in [6, 6.07) is 3.01. The maximum atomic E-state index is 14.1. The Balaban J connectivity index is 2.56. The summed E-state index contributed by atoms with van der Waals surface area (Å²) < 4.78 is 24.1. The summed E-state index contributed by atoms with van der Waals surface area (Å²) in [5.74, 6) is 0.0714. The number of halogens is 1. The fourth-order valence-corrected chi connectivity index (χ4v) is 1.82. The standard InChI is InChI=1S/C12H12FNO3/c1-16-8-5-9(11(13)10(6-8)17-2)12(3-4-12)14-7-15/h5-6H,3-4H2,1-2H3. The Morgan fingerprint density at radius 2 is 2.06 bits per heavy atom. The number of methoxy groups -OCH3 is 2. The Labute approximate surface area is 98.1 Å². The van der Waals surface area contributed by atoms with Gasteiger partial charge >= 0.3 is 0 Å². The minimum absolute atomic E-state index is 0.0896. The lowest BCUT2D eigenvalue weighted by atomic mass is 10.0. The predicted molar refractivity (Wildman–Crippen MR) is 58.5 cm³/mol. The van der Waals surface area contributed by atoms with E-state index in [-0.39, 0.29) is 5.75 Å². The molecule has 0 spiro atoms. The van der Waals surface area contributed by atoms with Crippen LogP contribution in [0.4, 0.5) is 4.39 Å². The van der Waals surface area contributed by atoms with Gasteiger partial charge in [0.25, 0.3) is 0 Å². The van der Waals surface area contributed by atoms with Crippen molar-refractivity contribution in [1.29, 1.82) is 0 Å². The third kappa shape index (κ3) is 1.89. The molecule has 0 atom stereocenters. The summed E-state index contributed by atoms with van der Waals surface area (Å²) in [7, 11) is 2.86. The zero-order valence-electron chi connectivity index (χ0n) is 9.62. The molecule has 0 amide bonds. The molecule has 0 radical (unpaired) electrons. The molecule has 0 aliphatic heterocycles. The molecule has 0 heterocycles. The van der Waals surface area contributed by atoms with E-state index in [0.29, 0.717) is 24.2 Å². The largest absolute Gasteiger partial charge is 0.497 e. The number of ether oxygens (including phenoxy) is 2. The molecule has 1 aromatic rings. The second-order valence-electron chi connectivity index (χ2n) is 3.93. The molecule has 5 heteroatoms. The number of isocyanates is 1. The van der Waals surface area contributed by atoms with E-state index in [2.05, 4.69) is 4.99 Å². The summed E-state index contributed by atoms with van der Waals surface area (Å²) >= 11 is 0. The Bertz CT molecular complexity index is 491. The van der Waals surface area contributed by atoms with Crippen molar-refractivity contribution in [3.63, 3.8) is 0 Å². The minimum Gasteiger partial charge on any atom is -0.497 e. The highest BCUT2D eigenvalue weighted by atomic mass is 19.1. The summed E-state index contributed by atoms with van der Waals surface area (Å²) in [6.45, 7) is 0. The van der Waals surface area contributed by atoms with Gasteiger partial charge in [0.15, 0.2) is 11.6 Å². The summed E-state index contributed by atoms with van der Waals surface area (Å²) in [6.07, 6.45) is 2.77. The van der Waals surface area contributed by atoms with E-state index in [4.69, 9.17) is 9.47 Å². The molecule has 4 nitrogen and oxygen atoms in total. The molecular formula is C12H12FNO3. The van der Waals surface area contributed by atoms with Gasteiger partial charge in [0.1, 0.15) is 11.3 Å². The van der Waals surface area contributed by atoms with E-state index in [1.54, 1.807) is 6.07 Å². The van der Waals surface area contributed by atoms with E-state index >= 15 is 0 Å². The number of nitrogens with zero attached hydrogens (tertiary/aromatic N) is 1. The Kier molecular flexibility index (Phi) is 2.86. The van der Waals surface area contributed by atoms with E-state index in [1.165, 1.54) is 26.4 Å². The van der Waals surface area contributed by atoms with E-state index in [0.717, 1.165) is 0 Å². The smallest absolute Gasteiger partial charge is 0.235 e. The molecule has 90 valence electrons. The Morgan fingerprint density at radius 1 is 1.35 bits per heavy atom. The number of hydrogen-bond donors (Lipinski definition) is 0. The molecule has 0 bridgehead atoms. The van der Waals surface area contributed by atoms with Crippen LogP contribution in [0.25, 0.3) is 0 Å². The van der Waals surface area contributed by atoms with Crippen LogP contribution in [-0.2, 0) is 10.3 Å². The Morgan fingerprint density at radius 3 is 2.53 bits per heavy atom. The van der Waals surface area contributed by atoms with Crippen molar-refractivity contribution >= 4 is 6.08 Å². The average Bonchev–Trinajstić information content (AvgIpc) is 3.10. The van der Waals surface area contributed by atoms with Crippen molar-refractivity contribution in [2.45, 2.75) is 18.4 Å². The van der Waals surface area contributed by atoms with Gasteiger partial charge in [-0.15, -0.1) is 0 Å². The van der Waals surface area contributed by atoms with Crippen LogP contribution in [0.1, 0.15) is 18.4 Å². The van der Waals surface area contributed by atoms with E-state index in [9.17, 15) is 9.18 Å². The first-order valence-electron chi connectivity index (χ1n) is 5.18. The Hall–Kier alpha value is -1.87. The van der Waals surface area contributed by atoms with Crippen LogP contribution in [-0.4, -0.2) is 20.3 Å². The van der Waals surface area contributed by atoms with Crippen molar-refractivity contribution in [1.82, 2.24) is 0 Å². The zero-order valence-corrected chi connectivity index (χ0v) is 9.62. The number of carbonyl (C=O) groups excluding carboxylic acids is 1. The van der Waals surface area contributed by atoms with Crippen LogP contribution < -0.4 is 9.47 Å². The molecular weight excluding hydrogens is 225 g/mol. The molecule has 17 heavy (non-hydrogen) atoms. The zero-order chi connectivity index (χ0) is 12.5. The minimum atomic E-state index is -0.770. The first-order valence-corrected chi connectivity index (χ1v) is 5.18. The van der Waals surface area contributed by atoms with Gasteiger partial charge in [-0.25, -0.2) is 9.18 Å². The molecule has 1 saturated carbocycles. The normalized spacial score (nSPS) is 15.9. The van der Waals surface area contributed by atoms with Crippen molar-refractivity contribution in [3.05, 3.63) is 23.5 Å². The second-order valence-corrected chi connectivity index (χ2v) is 3.93. The van der Waals surface area contributed by atoms with Gasteiger partial charge in [-0.3, -0.25) is 0 Å². The molecule has 0 unspecified atom stereocenters. The number of aliphatic imine (C=N–C) groups is 1. The third-order valence-corrected chi connectivity index (χ3v) is 2.95. The van der Waals surface area contributed by atoms with E-state index in [1.807, 2.05) is 0 Å². The van der Waals surface area contributed by atoms with E-state index < -0.39 is 11.4 Å². The lowest BCUT2D eigenvalue weighted by Gasteiger charge is -2.14. The van der Waals surface area contributed by atoms with Crippen LogP contribution in [0.15, 0.2) is 17.1 Å². The maximum Gasteiger partial charge on any atom is 0.235 e. The molecule has 0 N–H and O–H groups in total. The van der Waals surface area contributed by atoms with Crippen molar-refractivity contribution < 1.29 is 18.7 Å². The molecule has 0 aromatic heterocycles. The van der Waals surface area contributed by atoms with Gasteiger partial charge in [-0.1, -0.05) is 0 Å². The van der Waals surface area contributed by atoms with Crippen LogP contribution in [0.5, 0.6) is 11.5 Å². The van der Waals surface area contributed by atoms with Gasteiger partial charge in [-0.05, 0) is 18.9 Å². The summed E-state index contributed by atoms with van der Waals surface area (Å²) in [4.78, 5) is 14.1. The number of hydrogen-bond acceptors (Lipinski definition) is 4. The van der Waals surface area contributed by atoms with Gasteiger partial charge in [-0.2, -0.15) is 4.99 Å². The van der Waals surface area contributed by atoms with Crippen molar-refractivity contribution in [2.24, 2.45) is 4.99 Å². The van der Waals surface area contributed by atoms with Crippen LogP contribution in [0.3, 0.4) is 0 Å². The van der Waals surface area contributed by atoms with Gasteiger partial charge < -0.3 is 9.47 Å². The molecule has 1 fully saturated rings. The molecule has 1 aromatic carbocycles. The number of rotatable bonds is 4. The summed E-state index contributed by atoms with van der Waals surface area (Å²) in [5, 5.41) is 0. The van der Waals surface area contributed by atoms with Crippen molar-refractivity contribution in [3.8, 4) is 11.5 Å². The fraction of sp³-hybridized carbons (Fsp3) is 0.417. The van der Waals surface area contributed by atoms with Crippen LogP contribution in [0.2, 0.25) is 0 Å². The third-order valence-electron chi connectivity index (χ3n) is 2.95. The topological polar surface area (TPSA) is 47.9 Å². The summed E-state index contributed by atoms with van der Waals surface area (Å²) in [5.41, 5.74) is -0.440. The second kappa shape index (κ2) is 4.18. The number of benzene rings is 1. The highest BCUT2D eigenvalue weighted by molar-refractivity contribution is 5.48. The molecule has 2 rings (SSSR count). The van der Waals surface area contributed by atoms with Crippen LogP contribution in [0, 0.1) is 5.82 Å². The van der Waals surface area contributed by atoms with Gasteiger partial charge in [0.05, 0.1) is 14.2 Å². The first-order chi connectivity index (χ1) is 8.16. The molecule has 0 saturated heterocycles. The highest BCUT2D eigenvalue weighted by Gasteiger charge is 2.47. The first kappa shape index (κ1) is 11.6. The average molecular weight is 237 g/mol. The predicted octanol–water partition coefficient (Wildman–Crippen LogP) is 2.17.